The highest BCUT2D eigenvalue weighted by Crippen LogP contribution is 2.51. The van der Waals surface area contributed by atoms with Gasteiger partial charge in [-0.15, -0.1) is 0 Å². The van der Waals surface area contributed by atoms with E-state index >= 15 is 4.39 Å². The van der Waals surface area contributed by atoms with Gasteiger partial charge in [-0.05, 0) is 101 Å². The first-order valence-electron chi connectivity index (χ1n) is 15.5. The molecule has 0 bridgehead atoms. The normalized spacial score (nSPS) is 16.3. The van der Waals surface area contributed by atoms with Crippen LogP contribution in [-0.4, -0.2) is 73.5 Å². The van der Waals surface area contributed by atoms with E-state index in [2.05, 4.69) is 44.6 Å². The topological polar surface area (TPSA) is 116 Å². The molecule has 2 aliphatic carbocycles. The Morgan fingerprint density at radius 1 is 1.09 bits per heavy atom. The standard InChI is InChI=1S/C32H46FN7O3S/c1-7-16-39-25(14-15-34-39)31(41)37-29(28(22-8-9-22)23-10-11-23)32(42)36-26-13-12-24(30(33)35-26)27-20(2)38-40(21(27)3)19-43-17-18-44(4,5)6/h12-15,22-23,28-29H,7-11,16-19H2,1-6H3,(H,37,41)(H,35,36,42)/t29-/m0/s1. The molecule has 2 saturated carbocycles. The Bertz CT molecular complexity index is 1480. The summed E-state index contributed by atoms with van der Waals surface area (Å²) < 4.78 is 24.8. The van der Waals surface area contributed by atoms with Gasteiger partial charge in [0.15, 0.2) is 0 Å². The van der Waals surface area contributed by atoms with Gasteiger partial charge in [0.05, 0.1) is 12.3 Å². The van der Waals surface area contributed by atoms with Crippen molar-refractivity contribution < 1.29 is 18.7 Å². The van der Waals surface area contributed by atoms with Crippen LogP contribution in [0.2, 0.25) is 0 Å². The van der Waals surface area contributed by atoms with Crippen molar-refractivity contribution in [3.63, 3.8) is 0 Å². The first-order chi connectivity index (χ1) is 21.0. The van der Waals surface area contributed by atoms with Crippen LogP contribution in [0.15, 0.2) is 24.4 Å². The summed E-state index contributed by atoms with van der Waals surface area (Å²) >= 11 is 0. The molecule has 2 N–H and O–H groups in total. The van der Waals surface area contributed by atoms with Crippen molar-refractivity contribution >= 4 is 27.7 Å². The van der Waals surface area contributed by atoms with Crippen molar-refractivity contribution in [3.05, 3.63) is 47.4 Å². The minimum atomic E-state index is -0.750. The molecule has 0 aromatic carbocycles. The molecule has 0 spiro atoms. The van der Waals surface area contributed by atoms with Crippen molar-refractivity contribution in [2.24, 2.45) is 17.8 Å². The summed E-state index contributed by atoms with van der Waals surface area (Å²) in [7, 11) is -0.653. The van der Waals surface area contributed by atoms with E-state index in [9.17, 15) is 9.59 Å². The molecular formula is C32H46FN7O3S. The summed E-state index contributed by atoms with van der Waals surface area (Å²) in [6.07, 6.45) is 13.4. The third kappa shape index (κ3) is 7.69. The van der Waals surface area contributed by atoms with Gasteiger partial charge in [0.2, 0.25) is 11.9 Å². The maximum Gasteiger partial charge on any atom is 0.270 e. The van der Waals surface area contributed by atoms with Crippen molar-refractivity contribution in [2.45, 2.75) is 72.2 Å². The molecule has 3 aromatic rings. The Balaban J connectivity index is 1.31. The highest BCUT2D eigenvalue weighted by molar-refractivity contribution is 8.32. The Morgan fingerprint density at radius 3 is 2.41 bits per heavy atom. The Hall–Kier alpha value is -3.25. The third-order valence-corrected chi connectivity index (χ3v) is 9.87. The largest absolute Gasteiger partial charge is 0.358 e. The van der Waals surface area contributed by atoms with Gasteiger partial charge in [0.25, 0.3) is 5.91 Å². The summed E-state index contributed by atoms with van der Waals surface area (Å²) in [5.41, 5.74) is 2.85. The van der Waals surface area contributed by atoms with Crippen molar-refractivity contribution in [2.75, 3.05) is 36.4 Å². The van der Waals surface area contributed by atoms with E-state index < -0.39 is 22.0 Å². The summed E-state index contributed by atoms with van der Waals surface area (Å²) in [6.45, 7) is 7.29. The lowest BCUT2D eigenvalue weighted by Gasteiger charge is -2.27. The van der Waals surface area contributed by atoms with Gasteiger partial charge < -0.3 is 15.4 Å². The lowest BCUT2D eigenvalue weighted by atomic mass is 9.88. The number of aryl methyl sites for hydroxylation is 2. The second-order valence-electron chi connectivity index (χ2n) is 13.0. The predicted octanol–water partition coefficient (Wildman–Crippen LogP) is 5.15. The van der Waals surface area contributed by atoms with Crippen molar-refractivity contribution in [1.82, 2.24) is 29.9 Å². The number of carbonyl (C=O) groups excluding carboxylic acids is 2. The van der Waals surface area contributed by atoms with Gasteiger partial charge in [-0.2, -0.15) is 14.6 Å². The molecule has 3 aromatic heterocycles. The smallest absolute Gasteiger partial charge is 0.270 e. The molecule has 0 unspecified atom stereocenters. The number of amides is 2. The molecule has 12 heteroatoms. The number of nitrogens with one attached hydrogen (secondary N) is 2. The van der Waals surface area contributed by atoms with E-state index in [4.69, 9.17) is 4.74 Å². The van der Waals surface area contributed by atoms with Crippen LogP contribution in [0.4, 0.5) is 10.2 Å². The average molecular weight is 628 g/mol. The summed E-state index contributed by atoms with van der Waals surface area (Å²) in [4.78, 5) is 31.2. The number of rotatable bonds is 15. The highest BCUT2D eigenvalue weighted by atomic mass is 32.3. The number of aromatic nitrogens is 5. The van der Waals surface area contributed by atoms with Crippen LogP contribution in [0.1, 0.15) is 60.9 Å². The van der Waals surface area contributed by atoms with Crippen molar-refractivity contribution in [3.8, 4) is 11.1 Å². The van der Waals surface area contributed by atoms with Gasteiger partial charge in [-0.1, -0.05) is 6.92 Å². The maximum atomic E-state index is 15.5. The van der Waals surface area contributed by atoms with Crippen LogP contribution in [0, 0.1) is 37.5 Å². The summed E-state index contributed by atoms with van der Waals surface area (Å²) in [6, 6.07) is 4.15. The van der Waals surface area contributed by atoms with Gasteiger partial charge in [-0.3, -0.25) is 14.3 Å². The molecule has 3 heterocycles. The number of pyridine rings is 1. The molecule has 0 radical (unpaired) electrons. The monoisotopic (exact) mass is 627 g/mol. The first-order valence-corrected chi connectivity index (χ1v) is 18.6. The second kappa shape index (κ2) is 13.4. The van der Waals surface area contributed by atoms with Gasteiger partial charge in [0, 0.05) is 35.3 Å². The summed E-state index contributed by atoms with van der Waals surface area (Å²) in [5, 5.41) is 14.7. The van der Waals surface area contributed by atoms with E-state index in [1.54, 1.807) is 33.8 Å². The van der Waals surface area contributed by atoms with Gasteiger partial charge >= 0.3 is 0 Å². The molecule has 10 nitrogen and oxygen atoms in total. The molecule has 240 valence electrons. The fraction of sp³-hybridized carbons (Fsp3) is 0.594. The molecule has 2 amide bonds. The van der Waals surface area contributed by atoms with E-state index in [1.807, 2.05) is 20.8 Å². The van der Waals surface area contributed by atoms with E-state index in [0.717, 1.165) is 43.6 Å². The molecule has 44 heavy (non-hydrogen) atoms. The maximum absolute atomic E-state index is 15.5. The zero-order chi connectivity index (χ0) is 31.6. The quantitative estimate of drug-likeness (QED) is 0.178. The molecule has 0 aliphatic heterocycles. The SMILES string of the molecule is CCCn1nccc1C(=O)N[C@H](C(=O)Nc1ccc(-c2c(C)nn(COCCS(C)(C)C)c2C)c(F)n1)C(C1CC1)C1CC1. The van der Waals surface area contributed by atoms with Gasteiger partial charge in [0.1, 0.15) is 24.3 Å². The van der Waals surface area contributed by atoms with Crippen LogP contribution in [0.5, 0.6) is 0 Å². The zero-order valence-corrected chi connectivity index (χ0v) is 27.5. The van der Waals surface area contributed by atoms with Crippen LogP contribution in [0.3, 0.4) is 0 Å². The Kier molecular flexibility index (Phi) is 9.79. The number of nitrogens with zero attached hydrogens (tertiary/aromatic N) is 5. The van der Waals surface area contributed by atoms with Crippen molar-refractivity contribution in [1.29, 1.82) is 0 Å². The van der Waals surface area contributed by atoms with Crippen LogP contribution < -0.4 is 10.6 Å². The van der Waals surface area contributed by atoms with Crippen LogP contribution in [-0.2, 0) is 22.8 Å². The second-order valence-corrected chi connectivity index (χ2v) is 17.6. The van der Waals surface area contributed by atoms with E-state index in [-0.39, 0.29) is 23.6 Å². The molecule has 5 rings (SSSR count). The highest BCUT2D eigenvalue weighted by Gasteiger charge is 2.48. The molecule has 2 fully saturated rings. The average Bonchev–Trinajstić information content (AvgIpc) is 3.89. The summed E-state index contributed by atoms with van der Waals surface area (Å²) in [5.74, 6) is 0.527. The van der Waals surface area contributed by atoms with Gasteiger partial charge in [-0.25, -0.2) is 19.7 Å². The minimum absolute atomic E-state index is 0.0359. The molecule has 2 aliphatic rings. The molecular weight excluding hydrogens is 581 g/mol. The lowest BCUT2D eigenvalue weighted by Crippen LogP contribution is -2.50. The fourth-order valence-electron chi connectivity index (χ4n) is 5.93. The number of hydrogen-bond donors (Lipinski definition) is 2. The third-order valence-electron chi connectivity index (χ3n) is 8.48. The van der Waals surface area contributed by atoms with E-state index in [1.165, 1.54) is 0 Å². The lowest BCUT2D eigenvalue weighted by molar-refractivity contribution is -0.119. The molecule has 1 atom stereocenters. The Labute approximate surface area is 260 Å². The first kappa shape index (κ1) is 32.2. The number of hydrogen-bond acceptors (Lipinski definition) is 6. The van der Waals surface area contributed by atoms with Crippen LogP contribution >= 0.6 is 10.0 Å². The molecule has 0 saturated heterocycles. The number of anilines is 1. The number of halogens is 1. The number of ether oxygens (including phenoxy) is 1. The van der Waals surface area contributed by atoms with Crippen LogP contribution in [0.25, 0.3) is 11.1 Å². The minimum Gasteiger partial charge on any atom is -0.358 e. The van der Waals surface area contributed by atoms with E-state index in [0.29, 0.717) is 54.2 Å². The zero-order valence-electron chi connectivity index (χ0n) is 26.7. The Morgan fingerprint density at radius 2 is 1.80 bits per heavy atom. The number of carbonyl (C=O) groups is 2. The fourth-order valence-corrected chi connectivity index (χ4v) is 6.54. The predicted molar refractivity (Wildman–Crippen MR) is 172 cm³/mol.